The lowest BCUT2D eigenvalue weighted by molar-refractivity contribution is -0.124. The van der Waals surface area contributed by atoms with Crippen molar-refractivity contribution < 1.29 is 13.2 Å². The van der Waals surface area contributed by atoms with Crippen LogP contribution in [0, 0.1) is 11.8 Å². The van der Waals surface area contributed by atoms with Gasteiger partial charge < -0.3 is 0 Å². The van der Waals surface area contributed by atoms with Crippen LogP contribution in [0.15, 0.2) is 0 Å². The van der Waals surface area contributed by atoms with Crippen molar-refractivity contribution in [2.75, 3.05) is 11.5 Å². The Hall–Kier alpha value is -0.380. The Morgan fingerprint density at radius 3 is 2.21 bits per heavy atom. The van der Waals surface area contributed by atoms with Crippen molar-refractivity contribution in [3.63, 3.8) is 0 Å². The van der Waals surface area contributed by atoms with Crippen molar-refractivity contribution in [1.29, 1.82) is 0 Å². The molecule has 2 fully saturated rings. The largest absolute Gasteiger partial charge is 0.299 e. The molecule has 1 aliphatic carbocycles. The maximum Gasteiger partial charge on any atom is 0.150 e. The first-order valence-corrected chi connectivity index (χ1v) is 7.15. The van der Waals surface area contributed by atoms with E-state index in [1.165, 1.54) is 0 Å². The maximum atomic E-state index is 11.7. The zero-order chi connectivity index (χ0) is 10.2. The number of Topliss-reactive ketones (excluding diaryl/α,β-unsaturated/α-hetero) is 1. The van der Waals surface area contributed by atoms with Gasteiger partial charge in [0.2, 0.25) is 0 Å². The third-order valence-electron chi connectivity index (χ3n) is 3.17. The first kappa shape index (κ1) is 10.1. The van der Waals surface area contributed by atoms with Gasteiger partial charge in [-0.2, -0.15) is 0 Å². The quantitative estimate of drug-likeness (QED) is 0.696. The summed E-state index contributed by atoms with van der Waals surface area (Å²) in [5.41, 5.74) is 0. The zero-order valence-corrected chi connectivity index (χ0v) is 9.05. The van der Waals surface area contributed by atoms with E-state index in [0.29, 0.717) is 18.6 Å². The van der Waals surface area contributed by atoms with E-state index in [1.807, 2.05) is 0 Å². The predicted octanol–water partition coefficient (Wildman–Crippen LogP) is 1.18. The van der Waals surface area contributed by atoms with Crippen LogP contribution in [-0.2, 0) is 14.6 Å². The highest BCUT2D eigenvalue weighted by molar-refractivity contribution is 7.91. The molecule has 0 N–H and O–H groups in total. The number of ketones is 1. The average molecular weight is 216 g/mol. The number of sulfone groups is 1. The highest BCUT2D eigenvalue weighted by Gasteiger charge is 2.35. The van der Waals surface area contributed by atoms with Gasteiger partial charge in [-0.3, -0.25) is 4.79 Å². The van der Waals surface area contributed by atoms with Crippen molar-refractivity contribution in [2.45, 2.75) is 32.1 Å². The molecule has 0 amide bonds. The summed E-state index contributed by atoms with van der Waals surface area (Å²) in [5, 5.41) is 0. The van der Waals surface area contributed by atoms with Gasteiger partial charge in [-0.1, -0.05) is 0 Å². The molecule has 14 heavy (non-hydrogen) atoms. The molecule has 4 heteroatoms. The van der Waals surface area contributed by atoms with Crippen LogP contribution >= 0.6 is 0 Å². The third-order valence-corrected chi connectivity index (χ3v) is 4.94. The lowest BCUT2D eigenvalue weighted by Crippen LogP contribution is -2.17. The second-order valence-corrected chi connectivity index (χ2v) is 6.76. The summed E-state index contributed by atoms with van der Waals surface area (Å²) >= 11 is 0. The van der Waals surface area contributed by atoms with Crippen LogP contribution in [-0.4, -0.2) is 25.7 Å². The first-order valence-electron chi connectivity index (χ1n) is 5.33. The van der Waals surface area contributed by atoms with E-state index in [4.69, 9.17) is 0 Å². The van der Waals surface area contributed by atoms with Gasteiger partial charge in [0, 0.05) is 11.8 Å². The fourth-order valence-electron chi connectivity index (χ4n) is 2.10. The lowest BCUT2D eigenvalue weighted by Gasteiger charge is -2.10. The molecule has 0 aromatic heterocycles. The molecule has 1 saturated carbocycles. The van der Waals surface area contributed by atoms with E-state index in [0.717, 1.165) is 19.3 Å². The molecule has 1 unspecified atom stereocenters. The molecular weight excluding hydrogens is 200 g/mol. The smallest absolute Gasteiger partial charge is 0.150 e. The molecule has 2 aliphatic rings. The molecule has 1 saturated heterocycles. The van der Waals surface area contributed by atoms with Crippen molar-refractivity contribution in [3.8, 4) is 0 Å². The Morgan fingerprint density at radius 2 is 1.57 bits per heavy atom. The van der Waals surface area contributed by atoms with Gasteiger partial charge in [-0.25, -0.2) is 8.42 Å². The summed E-state index contributed by atoms with van der Waals surface area (Å²) in [5.74, 6) is 1.15. The fraction of sp³-hybridized carbons (Fsp3) is 0.900. The molecule has 0 aromatic rings. The Bertz CT molecular complexity index is 327. The van der Waals surface area contributed by atoms with Gasteiger partial charge in [0.25, 0.3) is 0 Å². The van der Waals surface area contributed by atoms with Gasteiger partial charge >= 0.3 is 0 Å². The maximum absolute atomic E-state index is 11.7. The molecule has 0 spiro atoms. The SMILES string of the molecule is O=C(C1CC1)C1CCCS(=O)(=O)CC1. The van der Waals surface area contributed by atoms with E-state index in [-0.39, 0.29) is 23.3 Å². The van der Waals surface area contributed by atoms with Crippen LogP contribution in [0.3, 0.4) is 0 Å². The van der Waals surface area contributed by atoms with Gasteiger partial charge in [0.1, 0.15) is 15.6 Å². The minimum Gasteiger partial charge on any atom is -0.299 e. The molecule has 2 rings (SSSR count). The summed E-state index contributed by atoms with van der Waals surface area (Å²) in [4.78, 5) is 11.7. The van der Waals surface area contributed by atoms with Crippen LogP contribution in [0.5, 0.6) is 0 Å². The molecule has 1 heterocycles. The number of hydrogen-bond acceptors (Lipinski definition) is 3. The summed E-state index contributed by atoms with van der Waals surface area (Å²) in [7, 11) is -2.84. The Kier molecular flexibility index (Phi) is 2.64. The molecule has 3 nitrogen and oxygen atoms in total. The Morgan fingerprint density at radius 1 is 0.929 bits per heavy atom. The molecule has 0 bridgehead atoms. The van der Waals surface area contributed by atoms with Crippen molar-refractivity contribution in [1.82, 2.24) is 0 Å². The van der Waals surface area contributed by atoms with E-state index < -0.39 is 9.84 Å². The van der Waals surface area contributed by atoms with Crippen LogP contribution in [0.1, 0.15) is 32.1 Å². The van der Waals surface area contributed by atoms with Crippen LogP contribution < -0.4 is 0 Å². The molecule has 0 aromatic carbocycles. The minimum absolute atomic E-state index is 0.0415. The topological polar surface area (TPSA) is 51.2 Å². The predicted molar refractivity (Wildman–Crippen MR) is 53.7 cm³/mol. The van der Waals surface area contributed by atoms with E-state index in [2.05, 4.69) is 0 Å². The molecular formula is C10H16O3S. The molecule has 0 radical (unpaired) electrons. The second-order valence-electron chi connectivity index (χ2n) is 4.46. The summed E-state index contributed by atoms with van der Waals surface area (Å²) in [6.07, 6.45) is 4.09. The normalized spacial score (nSPS) is 32.1. The minimum atomic E-state index is -2.84. The fourth-order valence-corrected chi connectivity index (χ4v) is 3.56. The number of hydrogen-bond donors (Lipinski definition) is 0. The monoisotopic (exact) mass is 216 g/mol. The highest BCUT2D eigenvalue weighted by atomic mass is 32.2. The van der Waals surface area contributed by atoms with E-state index >= 15 is 0 Å². The van der Waals surface area contributed by atoms with Gasteiger partial charge in [-0.05, 0) is 32.1 Å². The summed E-state index contributed by atoms with van der Waals surface area (Å²) in [6, 6.07) is 0. The Balaban J connectivity index is 1.98. The van der Waals surface area contributed by atoms with Gasteiger partial charge in [0.05, 0.1) is 11.5 Å². The number of rotatable bonds is 2. The number of carbonyl (C=O) groups excluding carboxylic acids is 1. The standard InChI is InChI=1S/C10H16O3S/c11-10(9-3-4-9)8-2-1-6-14(12,13)7-5-8/h8-9H,1-7H2. The highest BCUT2D eigenvalue weighted by Crippen LogP contribution is 2.35. The van der Waals surface area contributed by atoms with Crippen LogP contribution in [0.4, 0.5) is 0 Å². The second kappa shape index (κ2) is 3.65. The zero-order valence-electron chi connectivity index (χ0n) is 8.24. The average Bonchev–Trinajstić information content (AvgIpc) is 2.90. The van der Waals surface area contributed by atoms with Gasteiger partial charge in [-0.15, -0.1) is 0 Å². The summed E-state index contributed by atoms with van der Waals surface area (Å²) < 4.78 is 22.6. The number of carbonyl (C=O) groups is 1. The van der Waals surface area contributed by atoms with Gasteiger partial charge in [0.15, 0.2) is 0 Å². The molecule has 1 aliphatic heterocycles. The first-order chi connectivity index (χ1) is 6.58. The van der Waals surface area contributed by atoms with Crippen LogP contribution in [0.2, 0.25) is 0 Å². The molecule has 80 valence electrons. The third kappa shape index (κ3) is 2.35. The van der Waals surface area contributed by atoms with Crippen molar-refractivity contribution in [3.05, 3.63) is 0 Å². The van der Waals surface area contributed by atoms with Crippen molar-refractivity contribution >= 4 is 15.6 Å². The van der Waals surface area contributed by atoms with E-state index in [1.54, 1.807) is 0 Å². The summed E-state index contributed by atoms with van der Waals surface area (Å²) in [6.45, 7) is 0. The van der Waals surface area contributed by atoms with E-state index in [9.17, 15) is 13.2 Å². The van der Waals surface area contributed by atoms with Crippen LogP contribution in [0.25, 0.3) is 0 Å². The molecule has 1 atom stereocenters. The Labute approximate surface area is 84.8 Å². The van der Waals surface area contributed by atoms with Crippen molar-refractivity contribution in [2.24, 2.45) is 11.8 Å². The lowest BCUT2D eigenvalue weighted by atomic mass is 9.93.